The Morgan fingerprint density at radius 2 is 2.29 bits per heavy atom. The highest BCUT2D eigenvalue weighted by atomic mass is 127. The van der Waals surface area contributed by atoms with Crippen molar-refractivity contribution >= 4 is 39.8 Å². The van der Waals surface area contributed by atoms with E-state index >= 15 is 0 Å². The molecular formula is C10H4INO2. The first-order valence-electron chi connectivity index (χ1n) is 3.83. The van der Waals surface area contributed by atoms with Crippen LogP contribution in [0.2, 0.25) is 0 Å². The fourth-order valence-electron chi connectivity index (χ4n) is 1.23. The Hall–Kier alpha value is -1.35. The quantitative estimate of drug-likeness (QED) is 0.600. The Balaban J connectivity index is 2.82. The summed E-state index contributed by atoms with van der Waals surface area (Å²) in [6.07, 6.45) is 0.674. The van der Waals surface area contributed by atoms with Gasteiger partial charge in [-0.25, -0.2) is 0 Å². The highest BCUT2D eigenvalue weighted by Crippen LogP contribution is 2.27. The van der Waals surface area contributed by atoms with Gasteiger partial charge in [-0.2, -0.15) is 5.26 Å². The fourth-order valence-corrected chi connectivity index (χ4v) is 1.89. The van der Waals surface area contributed by atoms with Gasteiger partial charge < -0.3 is 4.42 Å². The Morgan fingerprint density at radius 1 is 1.50 bits per heavy atom. The Bertz CT molecular complexity index is 551. The van der Waals surface area contributed by atoms with E-state index in [1.54, 1.807) is 18.2 Å². The lowest BCUT2D eigenvalue weighted by Gasteiger charge is -1.88. The van der Waals surface area contributed by atoms with Crippen molar-refractivity contribution in [2.75, 3.05) is 0 Å². The zero-order valence-electron chi connectivity index (χ0n) is 6.95. The smallest absolute Gasteiger partial charge is 0.186 e. The van der Waals surface area contributed by atoms with Crippen molar-refractivity contribution in [1.82, 2.24) is 0 Å². The molecule has 2 aromatic rings. The average molecular weight is 297 g/mol. The van der Waals surface area contributed by atoms with Gasteiger partial charge in [-0.3, -0.25) is 4.79 Å². The van der Waals surface area contributed by atoms with Crippen molar-refractivity contribution in [2.24, 2.45) is 0 Å². The molecule has 1 heterocycles. The summed E-state index contributed by atoms with van der Waals surface area (Å²) < 4.78 is 6.02. The van der Waals surface area contributed by atoms with Gasteiger partial charge in [-0.15, -0.1) is 0 Å². The number of benzene rings is 1. The molecule has 0 aliphatic heterocycles. The van der Waals surface area contributed by atoms with Crippen LogP contribution in [-0.2, 0) is 0 Å². The standard InChI is InChI=1S/C10H4INO2/c11-10-7-3-6(4-12)1-2-8(7)14-9(10)5-13/h1-3,5H. The Labute approximate surface area is 93.5 Å². The number of carbonyl (C=O) groups excluding carboxylic acids is 1. The third-order valence-electron chi connectivity index (χ3n) is 1.89. The molecule has 0 radical (unpaired) electrons. The summed E-state index contributed by atoms with van der Waals surface area (Å²) in [6.45, 7) is 0. The van der Waals surface area contributed by atoms with E-state index in [9.17, 15) is 4.79 Å². The normalized spacial score (nSPS) is 10.0. The van der Waals surface area contributed by atoms with Crippen LogP contribution in [0, 0.1) is 14.9 Å². The van der Waals surface area contributed by atoms with Gasteiger partial charge in [0.2, 0.25) is 0 Å². The summed E-state index contributed by atoms with van der Waals surface area (Å²) in [5, 5.41) is 9.51. The van der Waals surface area contributed by atoms with Gasteiger partial charge >= 0.3 is 0 Å². The van der Waals surface area contributed by atoms with Gasteiger partial charge in [-0.1, -0.05) is 0 Å². The number of rotatable bonds is 1. The predicted octanol–water partition coefficient (Wildman–Crippen LogP) is 2.72. The molecule has 0 unspecified atom stereocenters. The predicted molar refractivity (Wildman–Crippen MR) is 59.0 cm³/mol. The van der Waals surface area contributed by atoms with E-state index in [0.717, 1.165) is 8.96 Å². The summed E-state index contributed by atoms with van der Waals surface area (Å²) >= 11 is 2.03. The van der Waals surface area contributed by atoms with Crippen LogP contribution in [-0.4, -0.2) is 6.29 Å². The van der Waals surface area contributed by atoms with Gasteiger partial charge in [0.1, 0.15) is 5.58 Å². The molecule has 4 heteroatoms. The van der Waals surface area contributed by atoms with Crippen molar-refractivity contribution < 1.29 is 9.21 Å². The number of nitriles is 1. The van der Waals surface area contributed by atoms with Crippen LogP contribution >= 0.6 is 22.6 Å². The Kier molecular flexibility index (Phi) is 2.25. The molecule has 0 bridgehead atoms. The summed E-state index contributed by atoms with van der Waals surface area (Å²) in [5.74, 6) is 0.315. The maximum absolute atomic E-state index is 10.6. The highest BCUT2D eigenvalue weighted by Gasteiger charge is 2.10. The van der Waals surface area contributed by atoms with Crippen molar-refractivity contribution in [3.05, 3.63) is 33.1 Å². The number of hydrogen-bond donors (Lipinski definition) is 0. The van der Waals surface area contributed by atoms with E-state index in [0.29, 0.717) is 23.2 Å². The average Bonchev–Trinajstić information content (AvgIpc) is 2.55. The molecule has 0 atom stereocenters. The molecule has 1 aromatic heterocycles. The van der Waals surface area contributed by atoms with E-state index in [-0.39, 0.29) is 0 Å². The van der Waals surface area contributed by atoms with Crippen molar-refractivity contribution in [3.8, 4) is 6.07 Å². The molecule has 68 valence electrons. The van der Waals surface area contributed by atoms with E-state index in [2.05, 4.69) is 0 Å². The zero-order chi connectivity index (χ0) is 10.1. The number of fused-ring (bicyclic) bond motifs is 1. The number of furan rings is 1. The van der Waals surface area contributed by atoms with Crippen LogP contribution in [0.1, 0.15) is 16.1 Å². The topological polar surface area (TPSA) is 54.0 Å². The van der Waals surface area contributed by atoms with Crippen LogP contribution in [0.5, 0.6) is 0 Å². The van der Waals surface area contributed by atoms with Crippen LogP contribution in [0.15, 0.2) is 22.6 Å². The minimum atomic E-state index is 0.315. The second-order valence-corrected chi connectivity index (χ2v) is 3.80. The molecule has 1 aromatic carbocycles. The van der Waals surface area contributed by atoms with Gasteiger partial charge in [0, 0.05) is 5.39 Å². The minimum absolute atomic E-state index is 0.315. The molecule has 0 aliphatic rings. The van der Waals surface area contributed by atoms with E-state index in [1.165, 1.54) is 0 Å². The van der Waals surface area contributed by atoms with Crippen LogP contribution in [0.4, 0.5) is 0 Å². The number of carbonyl (C=O) groups is 1. The molecule has 0 aliphatic carbocycles. The van der Waals surface area contributed by atoms with E-state index in [4.69, 9.17) is 9.68 Å². The molecule has 14 heavy (non-hydrogen) atoms. The number of aldehydes is 1. The summed E-state index contributed by atoms with van der Waals surface area (Å²) in [6, 6.07) is 7.12. The molecule has 0 saturated heterocycles. The molecule has 0 fully saturated rings. The summed E-state index contributed by atoms with van der Waals surface area (Å²) in [7, 11) is 0. The molecule has 0 amide bonds. The zero-order valence-corrected chi connectivity index (χ0v) is 9.11. The second-order valence-electron chi connectivity index (χ2n) is 2.72. The number of nitrogens with zero attached hydrogens (tertiary/aromatic N) is 1. The van der Waals surface area contributed by atoms with Crippen molar-refractivity contribution in [1.29, 1.82) is 5.26 Å². The SMILES string of the molecule is N#Cc1ccc2oc(C=O)c(I)c2c1. The lowest BCUT2D eigenvalue weighted by molar-refractivity contribution is 0.110. The van der Waals surface area contributed by atoms with E-state index < -0.39 is 0 Å². The first-order chi connectivity index (χ1) is 6.76. The van der Waals surface area contributed by atoms with Gasteiger partial charge in [0.15, 0.2) is 12.0 Å². The number of hydrogen-bond acceptors (Lipinski definition) is 3. The Morgan fingerprint density at radius 3 is 2.93 bits per heavy atom. The number of halogens is 1. The third kappa shape index (κ3) is 1.30. The fraction of sp³-hybridized carbons (Fsp3) is 0. The van der Waals surface area contributed by atoms with E-state index in [1.807, 2.05) is 28.7 Å². The first kappa shape index (κ1) is 9.21. The van der Waals surface area contributed by atoms with Crippen LogP contribution in [0.25, 0.3) is 11.0 Å². The van der Waals surface area contributed by atoms with Gasteiger partial charge in [-0.05, 0) is 40.8 Å². The largest absolute Gasteiger partial charge is 0.452 e. The summed E-state index contributed by atoms with van der Waals surface area (Å²) in [4.78, 5) is 10.6. The molecule has 0 spiro atoms. The van der Waals surface area contributed by atoms with Crippen LogP contribution in [0.3, 0.4) is 0 Å². The molecule has 3 nitrogen and oxygen atoms in total. The molecular weight excluding hydrogens is 293 g/mol. The van der Waals surface area contributed by atoms with Gasteiger partial charge in [0.25, 0.3) is 0 Å². The molecule has 0 N–H and O–H groups in total. The van der Waals surface area contributed by atoms with Crippen molar-refractivity contribution in [3.63, 3.8) is 0 Å². The maximum atomic E-state index is 10.6. The maximum Gasteiger partial charge on any atom is 0.186 e. The lowest BCUT2D eigenvalue weighted by Crippen LogP contribution is -1.77. The molecule has 0 saturated carbocycles. The van der Waals surface area contributed by atoms with Gasteiger partial charge in [0.05, 0.1) is 15.2 Å². The van der Waals surface area contributed by atoms with Crippen LogP contribution < -0.4 is 0 Å². The monoisotopic (exact) mass is 297 g/mol. The molecule has 2 rings (SSSR count). The highest BCUT2D eigenvalue weighted by molar-refractivity contribution is 14.1. The third-order valence-corrected chi connectivity index (χ3v) is 3.00. The second kappa shape index (κ2) is 3.42. The minimum Gasteiger partial charge on any atom is -0.452 e. The lowest BCUT2D eigenvalue weighted by atomic mass is 10.2. The summed E-state index contributed by atoms with van der Waals surface area (Å²) in [5.41, 5.74) is 1.20. The van der Waals surface area contributed by atoms with Crippen molar-refractivity contribution in [2.45, 2.75) is 0 Å². The first-order valence-corrected chi connectivity index (χ1v) is 4.91.